The lowest BCUT2D eigenvalue weighted by molar-refractivity contribution is 0.0996. The van der Waals surface area contributed by atoms with E-state index in [9.17, 15) is 4.79 Å². The van der Waals surface area contributed by atoms with Gasteiger partial charge >= 0.3 is 0 Å². The lowest BCUT2D eigenvalue weighted by Gasteiger charge is -2.10. The number of ether oxygens (including phenoxy) is 3. The Morgan fingerprint density at radius 3 is 2.65 bits per heavy atom. The summed E-state index contributed by atoms with van der Waals surface area (Å²) in [5.74, 6) is 1.18. The van der Waals surface area contributed by atoms with E-state index in [1.807, 2.05) is 48.7 Å². The topological polar surface area (TPSA) is 62.0 Å². The van der Waals surface area contributed by atoms with Crippen LogP contribution in [0.3, 0.4) is 0 Å². The molecule has 0 atom stereocenters. The standard InChI is InChI=1S/C24H30N2O4S/c1-4-7-15-30-19-11-8-10-18(17-19)23(27)25-24-26(14-16-28-5-2)22-20(29-6-3)12-9-13-21(22)31-24/h8-13,17H,4-7,14-16H2,1-3H3. The Kier molecular flexibility index (Phi) is 8.67. The first-order valence-corrected chi connectivity index (χ1v) is 11.6. The van der Waals surface area contributed by atoms with E-state index in [0.29, 0.717) is 49.1 Å². The van der Waals surface area contributed by atoms with Crippen molar-refractivity contribution < 1.29 is 19.0 Å². The van der Waals surface area contributed by atoms with E-state index in [-0.39, 0.29) is 5.91 Å². The molecule has 1 amide bonds. The van der Waals surface area contributed by atoms with Gasteiger partial charge in [-0.2, -0.15) is 4.99 Å². The first kappa shape index (κ1) is 23.0. The lowest BCUT2D eigenvalue weighted by atomic mass is 10.2. The predicted molar refractivity (Wildman–Crippen MR) is 124 cm³/mol. The van der Waals surface area contributed by atoms with Crippen LogP contribution in [0.4, 0.5) is 0 Å². The van der Waals surface area contributed by atoms with Crippen LogP contribution < -0.4 is 14.3 Å². The van der Waals surface area contributed by atoms with Gasteiger partial charge in [0.2, 0.25) is 0 Å². The molecular formula is C24H30N2O4S. The molecule has 0 spiro atoms. The Morgan fingerprint density at radius 1 is 1.03 bits per heavy atom. The predicted octanol–water partition coefficient (Wildman–Crippen LogP) is 5.06. The number of carbonyl (C=O) groups is 1. The van der Waals surface area contributed by atoms with Crippen LogP contribution in [0.1, 0.15) is 44.0 Å². The fourth-order valence-electron chi connectivity index (χ4n) is 3.17. The molecule has 0 aliphatic rings. The molecule has 2 aromatic carbocycles. The number of fused-ring (bicyclic) bond motifs is 1. The highest BCUT2D eigenvalue weighted by Crippen LogP contribution is 2.27. The van der Waals surface area contributed by atoms with Crippen LogP contribution in [-0.4, -0.2) is 36.9 Å². The van der Waals surface area contributed by atoms with Gasteiger partial charge in [0.15, 0.2) is 4.80 Å². The molecule has 0 saturated carbocycles. The van der Waals surface area contributed by atoms with Crippen LogP contribution in [0.5, 0.6) is 11.5 Å². The first-order chi connectivity index (χ1) is 15.2. The number of aromatic nitrogens is 1. The summed E-state index contributed by atoms with van der Waals surface area (Å²) >= 11 is 1.47. The molecule has 31 heavy (non-hydrogen) atoms. The second kappa shape index (κ2) is 11.7. The van der Waals surface area contributed by atoms with E-state index in [2.05, 4.69) is 11.9 Å². The minimum absolute atomic E-state index is 0.296. The maximum atomic E-state index is 13.0. The zero-order chi connectivity index (χ0) is 22.1. The second-order valence-corrected chi connectivity index (χ2v) is 7.93. The molecule has 0 bridgehead atoms. The molecule has 166 valence electrons. The van der Waals surface area contributed by atoms with Crippen molar-refractivity contribution in [3.63, 3.8) is 0 Å². The van der Waals surface area contributed by atoms with Gasteiger partial charge in [-0.1, -0.05) is 36.8 Å². The fourth-order valence-corrected chi connectivity index (χ4v) is 4.24. The van der Waals surface area contributed by atoms with Crippen molar-refractivity contribution in [1.82, 2.24) is 4.57 Å². The highest BCUT2D eigenvalue weighted by atomic mass is 32.1. The molecule has 0 fully saturated rings. The molecule has 0 aliphatic heterocycles. The minimum atomic E-state index is -0.296. The smallest absolute Gasteiger partial charge is 0.279 e. The molecule has 6 nitrogen and oxygen atoms in total. The molecule has 1 heterocycles. The van der Waals surface area contributed by atoms with Gasteiger partial charge in [-0.3, -0.25) is 4.79 Å². The van der Waals surface area contributed by atoms with Crippen LogP contribution in [0.15, 0.2) is 47.5 Å². The van der Waals surface area contributed by atoms with E-state index in [1.165, 1.54) is 11.3 Å². The number of unbranched alkanes of at least 4 members (excludes halogenated alkanes) is 1. The number of hydrogen-bond acceptors (Lipinski definition) is 5. The molecule has 3 aromatic rings. The monoisotopic (exact) mass is 442 g/mol. The average molecular weight is 443 g/mol. The molecule has 0 N–H and O–H groups in total. The Hall–Kier alpha value is -2.64. The van der Waals surface area contributed by atoms with Gasteiger partial charge in [0.05, 0.1) is 24.5 Å². The van der Waals surface area contributed by atoms with Gasteiger partial charge < -0.3 is 18.8 Å². The number of amides is 1. The van der Waals surface area contributed by atoms with Crippen molar-refractivity contribution in [3.8, 4) is 11.5 Å². The molecule has 0 radical (unpaired) electrons. The van der Waals surface area contributed by atoms with Crippen molar-refractivity contribution in [3.05, 3.63) is 52.8 Å². The number of nitrogens with zero attached hydrogens (tertiary/aromatic N) is 2. The molecule has 0 aliphatic carbocycles. The van der Waals surface area contributed by atoms with Crippen LogP contribution in [0.25, 0.3) is 10.2 Å². The fraction of sp³-hybridized carbons (Fsp3) is 0.417. The highest BCUT2D eigenvalue weighted by molar-refractivity contribution is 7.16. The first-order valence-electron chi connectivity index (χ1n) is 10.8. The number of carbonyl (C=O) groups excluding carboxylic acids is 1. The number of para-hydroxylation sites is 1. The van der Waals surface area contributed by atoms with Crippen molar-refractivity contribution >= 4 is 27.5 Å². The summed E-state index contributed by atoms with van der Waals surface area (Å²) in [6.45, 7) is 9.00. The van der Waals surface area contributed by atoms with Crippen LogP contribution >= 0.6 is 11.3 Å². The van der Waals surface area contributed by atoms with E-state index in [1.54, 1.807) is 12.1 Å². The maximum absolute atomic E-state index is 13.0. The van der Waals surface area contributed by atoms with Crippen LogP contribution in [-0.2, 0) is 11.3 Å². The van der Waals surface area contributed by atoms with Gasteiger partial charge in [-0.05, 0) is 50.6 Å². The highest BCUT2D eigenvalue weighted by Gasteiger charge is 2.14. The summed E-state index contributed by atoms with van der Waals surface area (Å²) in [6.07, 6.45) is 2.04. The largest absolute Gasteiger partial charge is 0.494 e. The Labute approximate surface area is 187 Å². The van der Waals surface area contributed by atoms with E-state index >= 15 is 0 Å². The van der Waals surface area contributed by atoms with Gasteiger partial charge in [0.1, 0.15) is 17.0 Å². The molecule has 0 saturated heterocycles. The Morgan fingerprint density at radius 2 is 1.87 bits per heavy atom. The van der Waals surface area contributed by atoms with E-state index in [4.69, 9.17) is 14.2 Å². The molecule has 0 unspecified atom stereocenters. The van der Waals surface area contributed by atoms with Gasteiger partial charge in [-0.25, -0.2) is 0 Å². The Bertz CT molecular complexity index is 1070. The summed E-state index contributed by atoms with van der Waals surface area (Å²) in [4.78, 5) is 18.1. The molecule has 3 rings (SSSR count). The third kappa shape index (κ3) is 5.95. The van der Waals surface area contributed by atoms with Crippen LogP contribution in [0.2, 0.25) is 0 Å². The minimum Gasteiger partial charge on any atom is -0.494 e. The average Bonchev–Trinajstić information content (AvgIpc) is 3.12. The Balaban J connectivity index is 1.98. The third-order valence-corrected chi connectivity index (χ3v) is 5.72. The zero-order valence-corrected chi connectivity index (χ0v) is 19.2. The zero-order valence-electron chi connectivity index (χ0n) is 18.4. The quantitative estimate of drug-likeness (QED) is 0.390. The van der Waals surface area contributed by atoms with Gasteiger partial charge in [0, 0.05) is 18.7 Å². The number of benzene rings is 2. The van der Waals surface area contributed by atoms with Crippen molar-refractivity contribution in [2.45, 2.75) is 40.2 Å². The summed E-state index contributed by atoms with van der Waals surface area (Å²) in [5, 5.41) is 0. The summed E-state index contributed by atoms with van der Waals surface area (Å²) in [5.41, 5.74) is 1.45. The number of hydrogen-bond donors (Lipinski definition) is 0. The maximum Gasteiger partial charge on any atom is 0.279 e. The van der Waals surface area contributed by atoms with Crippen molar-refractivity contribution in [2.24, 2.45) is 4.99 Å². The summed E-state index contributed by atoms with van der Waals surface area (Å²) in [6, 6.07) is 13.1. The van der Waals surface area contributed by atoms with Gasteiger partial charge in [0.25, 0.3) is 5.91 Å². The number of rotatable bonds is 11. The number of thiazole rings is 1. The molecule has 7 heteroatoms. The van der Waals surface area contributed by atoms with Gasteiger partial charge in [-0.15, -0.1) is 0 Å². The van der Waals surface area contributed by atoms with Crippen molar-refractivity contribution in [1.29, 1.82) is 0 Å². The van der Waals surface area contributed by atoms with E-state index in [0.717, 1.165) is 28.8 Å². The molecule has 1 aromatic heterocycles. The summed E-state index contributed by atoms with van der Waals surface area (Å²) < 4.78 is 20.2. The second-order valence-electron chi connectivity index (χ2n) is 6.92. The summed E-state index contributed by atoms with van der Waals surface area (Å²) in [7, 11) is 0. The molecular weight excluding hydrogens is 412 g/mol. The van der Waals surface area contributed by atoms with Crippen LogP contribution in [0, 0.1) is 0 Å². The normalized spacial score (nSPS) is 11.8. The SMILES string of the molecule is CCCCOc1cccc(C(=O)N=c2sc3cccc(OCC)c3n2CCOCC)c1. The lowest BCUT2D eigenvalue weighted by Crippen LogP contribution is -2.20. The third-order valence-electron chi connectivity index (χ3n) is 4.67. The van der Waals surface area contributed by atoms with Crippen molar-refractivity contribution in [2.75, 3.05) is 26.4 Å². The van der Waals surface area contributed by atoms with E-state index < -0.39 is 0 Å².